The molecule has 0 saturated carbocycles. The highest BCUT2D eigenvalue weighted by Gasteiger charge is 2.10. The van der Waals surface area contributed by atoms with E-state index in [-0.39, 0.29) is 11.9 Å². The second-order valence-electron chi connectivity index (χ2n) is 4.68. The van der Waals surface area contributed by atoms with Crippen LogP contribution in [0.4, 0.5) is 4.39 Å². The summed E-state index contributed by atoms with van der Waals surface area (Å²) in [6, 6.07) is 11.5. The molecular weight excluding hydrogens is 277 g/mol. The summed E-state index contributed by atoms with van der Waals surface area (Å²) >= 11 is 6.00. The molecule has 1 unspecified atom stereocenters. The van der Waals surface area contributed by atoms with Gasteiger partial charge in [-0.2, -0.15) is 0 Å². The molecule has 0 bridgehead atoms. The van der Waals surface area contributed by atoms with Gasteiger partial charge in [-0.1, -0.05) is 30.7 Å². The van der Waals surface area contributed by atoms with E-state index in [0.29, 0.717) is 22.9 Å². The third-order valence-electron chi connectivity index (χ3n) is 3.06. The second kappa shape index (κ2) is 6.73. The van der Waals surface area contributed by atoms with Gasteiger partial charge in [-0.3, -0.25) is 0 Å². The molecule has 2 nitrogen and oxygen atoms in total. The summed E-state index contributed by atoms with van der Waals surface area (Å²) in [4.78, 5) is 0. The largest absolute Gasteiger partial charge is 0.457 e. The second-order valence-corrected chi connectivity index (χ2v) is 5.12. The molecule has 0 aliphatic heterocycles. The van der Waals surface area contributed by atoms with Crippen LogP contribution in [0.15, 0.2) is 42.5 Å². The van der Waals surface area contributed by atoms with Crippen LogP contribution in [-0.4, -0.2) is 6.04 Å². The van der Waals surface area contributed by atoms with Crippen LogP contribution in [0.2, 0.25) is 5.02 Å². The summed E-state index contributed by atoms with van der Waals surface area (Å²) < 4.78 is 18.9. The van der Waals surface area contributed by atoms with Gasteiger partial charge in [0, 0.05) is 17.1 Å². The predicted octanol–water partition coefficient (Wildman–Crippen LogP) is 4.55. The maximum absolute atomic E-state index is 13.2. The SMILES string of the molecule is CCC(N)Cc1ccc(Cl)cc1Oc1cccc(F)c1. The highest BCUT2D eigenvalue weighted by molar-refractivity contribution is 6.30. The van der Waals surface area contributed by atoms with E-state index in [9.17, 15) is 4.39 Å². The Morgan fingerprint density at radius 1 is 1.25 bits per heavy atom. The molecule has 0 amide bonds. The Morgan fingerprint density at radius 2 is 2.05 bits per heavy atom. The average molecular weight is 294 g/mol. The van der Waals surface area contributed by atoms with Crippen molar-refractivity contribution in [3.63, 3.8) is 0 Å². The van der Waals surface area contributed by atoms with E-state index in [1.54, 1.807) is 24.3 Å². The molecule has 0 spiro atoms. The Balaban J connectivity index is 2.27. The van der Waals surface area contributed by atoms with Gasteiger partial charge in [0.1, 0.15) is 17.3 Å². The number of hydrogen-bond acceptors (Lipinski definition) is 2. The summed E-state index contributed by atoms with van der Waals surface area (Å²) in [5.41, 5.74) is 6.95. The summed E-state index contributed by atoms with van der Waals surface area (Å²) in [5.74, 6) is 0.724. The molecule has 20 heavy (non-hydrogen) atoms. The van der Waals surface area contributed by atoms with Crippen molar-refractivity contribution in [2.24, 2.45) is 5.73 Å². The van der Waals surface area contributed by atoms with Crippen LogP contribution in [0.1, 0.15) is 18.9 Å². The molecule has 0 aliphatic carbocycles. The smallest absolute Gasteiger partial charge is 0.132 e. The van der Waals surface area contributed by atoms with Crippen LogP contribution in [0.3, 0.4) is 0 Å². The molecule has 0 fully saturated rings. The number of rotatable bonds is 5. The zero-order valence-corrected chi connectivity index (χ0v) is 12.0. The first-order valence-corrected chi connectivity index (χ1v) is 6.93. The minimum absolute atomic E-state index is 0.0611. The lowest BCUT2D eigenvalue weighted by Gasteiger charge is -2.14. The lowest BCUT2D eigenvalue weighted by atomic mass is 10.0. The lowest BCUT2D eigenvalue weighted by Crippen LogP contribution is -2.21. The number of ether oxygens (including phenoxy) is 1. The molecule has 0 aliphatic rings. The van der Waals surface area contributed by atoms with Crippen LogP contribution < -0.4 is 10.5 Å². The zero-order chi connectivity index (χ0) is 14.5. The molecule has 2 N–H and O–H groups in total. The number of hydrogen-bond donors (Lipinski definition) is 1. The van der Waals surface area contributed by atoms with E-state index in [2.05, 4.69) is 0 Å². The van der Waals surface area contributed by atoms with Gasteiger partial charge in [0.05, 0.1) is 0 Å². The molecule has 0 heterocycles. The molecule has 1 atom stereocenters. The van der Waals surface area contributed by atoms with Crippen molar-refractivity contribution in [2.75, 3.05) is 0 Å². The van der Waals surface area contributed by atoms with Gasteiger partial charge >= 0.3 is 0 Å². The fourth-order valence-corrected chi connectivity index (χ4v) is 2.04. The van der Waals surface area contributed by atoms with Gasteiger partial charge in [-0.25, -0.2) is 4.39 Å². The van der Waals surface area contributed by atoms with Crippen molar-refractivity contribution in [1.29, 1.82) is 0 Å². The quantitative estimate of drug-likeness (QED) is 0.877. The van der Waals surface area contributed by atoms with E-state index < -0.39 is 0 Å². The van der Waals surface area contributed by atoms with Crippen LogP contribution >= 0.6 is 11.6 Å². The van der Waals surface area contributed by atoms with Gasteiger partial charge < -0.3 is 10.5 Å². The van der Waals surface area contributed by atoms with Crippen LogP contribution in [0.5, 0.6) is 11.5 Å². The van der Waals surface area contributed by atoms with E-state index in [1.165, 1.54) is 12.1 Å². The standard InChI is InChI=1S/C16H17ClFNO/c1-2-14(19)8-11-6-7-12(17)9-16(11)20-15-5-3-4-13(18)10-15/h3-7,9-10,14H,2,8,19H2,1H3. The van der Waals surface area contributed by atoms with Crippen LogP contribution in [-0.2, 0) is 6.42 Å². The minimum atomic E-state index is -0.337. The monoisotopic (exact) mass is 293 g/mol. The molecular formula is C16H17ClFNO. The molecule has 2 aromatic carbocycles. The fourth-order valence-electron chi connectivity index (χ4n) is 1.88. The normalized spacial score (nSPS) is 12.2. The summed E-state index contributed by atoms with van der Waals surface area (Å²) in [7, 11) is 0. The van der Waals surface area contributed by atoms with Gasteiger partial charge in [-0.15, -0.1) is 0 Å². The maximum atomic E-state index is 13.2. The van der Waals surface area contributed by atoms with Gasteiger partial charge in [-0.05, 0) is 42.7 Å². The topological polar surface area (TPSA) is 35.2 Å². The van der Waals surface area contributed by atoms with Gasteiger partial charge in [0.15, 0.2) is 0 Å². The molecule has 2 aromatic rings. The third kappa shape index (κ3) is 3.95. The Hall–Kier alpha value is -1.58. The first kappa shape index (κ1) is 14.8. The van der Waals surface area contributed by atoms with Crippen molar-refractivity contribution in [2.45, 2.75) is 25.8 Å². The number of halogens is 2. The Labute approximate surface area is 123 Å². The Kier molecular flexibility index (Phi) is 4.99. The van der Waals surface area contributed by atoms with Crippen molar-refractivity contribution in [3.8, 4) is 11.5 Å². The Bertz CT molecular complexity index is 588. The van der Waals surface area contributed by atoms with Crippen molar-refractivity contribution in [3.05, 3.63) is 58.9 Å². The number of benzene rings is 2. The van der Waals surface area contributed by atoms with Crippen molar-refractivity contribution < 1.29 is 9.13 Å². The summed E-state index contributed by atoms with van der Waals surface area (Å²) in [6.45, 7) is 2.04. The summed E-state index contributed by atoms with van der Waals surface area (Å²) in [5, 5.41) is 0.574. The first-order valence-electron chi connectivity index (χ1n) is 6.56. The highest BCUT2D eigenvalue weighted by Crippen LogP contribution is 2.29. The molecule has 2 rings (SSSR count). The molecule has 0 radical (unpaired) electrons. The van der Waals surface area contributed by atoms with E-state index in [0.717, 1.165) is 12.0 Å². The zero-order valence-electron chi connectivity index (χ0n) is 11.3. The van der Waals surface area contributed by atoms with Gasteiger partial charge in [0.2, 0.25) is 0 Å². The van der Waals surface area contributed by atoms with Crippen molar-refractivity contribution >= 4 is 11.6 Å². The molecule has 106 valence electrons. The highest BCUT2D eigenvalue weighted by atomic mass is 35.5. The van der Waals surface area contributed by atoms with Crippen LogP contribution in [0.25, 0.3) is 0 Å². The molecule has 0 saturated heterocycles. The minimum Gasteiger partial charge on any atom is -0.457 e. The molecule has 0 aromatic heterocycles. The third-order valence-corrected chi connectivity index (χ3v) is 3.29. The Morgan fingerprint density at radius 3 is 2.75 bits per heavy atom. The van der Waals surface area contributed by atoms with Crippen LogP contribution in [0, 0.1) is 5.82 Å². The maximum Gasteiger partial charge on any atom is 0.132 e. The lowest BCUT2D eigenvalue weighted by molar-refractivity contribution is 0.467. The average Bonchev–Trinajstić information content (AvgIpc) is 2.41. The van der Waals surface area contributed by atoms with Crippen molar-refractivity contribution in [1.82, 2.24) is 0 Å². The molecule has 4 heteroatoms. The fraction of sp³-hybridized carbons (Fsp3) is 0.250. The number of nitrogens with two attached hydrogens (primary N) is 1. The van der Waals surface area contributed by atoms with E-state index in [1.807, 2.05) is 13.0 Å². The first-order chi connectivity index (χ1) is 9.58. The van der Waals surface area contributed by atoms with E-state index in [4.69, 9.17) is 22.1 Å². The van der Waals surface area contributed by atoms with Gasteiger partial charge in [0.25, 0.3) is 0 Å². The van der Waals surface area contributed by atoms with E-state index >= 15 is 0 Å². The predicted molar refractivity (Wildman–Crippen MR) is 79.9 cm³/mol. The summed E-state index contributed by atoms with van der Waals surface area (Å²) in [6.07, 6.45) is 1.57.